The summed E-state index contributed by atoms with van der Waals surface area (Å²) in [6.45, 7) is 4.49. The first-order valence-corrected chi connectivity index (χ1v) is 10.1. The van der Waals surface area contributed by atoms with Gasteiger partial charge in [0.1, 0.15) is 0 Å². The Morgan fingerprint density at radius 1 is 0.727 bits per heavy atom. The fourth-order valence-corrected chi connectivity index (χ4v) is 4.63. The maximum Gasteiger partial charge on any atom is -0.0233 e. The number of hydrogen-bond acceptors (Lipinski definition) is 0. The molecule has 0 nitrogen and oxygen atoms in total. The van der Waals surface area contributed by atoms with Gasteiger partial charge in [-0.2, -0.15) is 0 Å². The van der Waals surface area contributed by atoms with Crippen LogP contribution in [0.25, 0.3) is 0 Å². The molecule has 0 unspecified atom stereocenters. The molecule has 0 spiro atoms. The molecule has 126 valence electrons. The Morgan fingerprint density at radius 2 is 1.23 bits per heavy atom. The second kappa shape index (κ2) is 10.3. The van der Waals surface area contributed by atoms with E-state index < -0.39 is 0 Å². The summed E-state index contributed by atoms with van der Waals surface area (Å²) >= 11 is 0. The summed E-state index contributed by atoms with van der Waals surface area (Å²) < 4.78 is 0. The molecule has 2 rings (SSSR count). The Morgan fingerprint density at radius 3 is 1.73 bits per heavy atom. The van der Waals surface area contributed by atoms with Crippen LogP contribution in [0.3, 0.4) is 0 Å². The van der Waals surface area contributed by atoms with Gasteiger partial charge < -0.3 is 0 Å². The Kier molecular flexibility index (Phi) is 8.34. The van der Waals surface area contributed by atoms with Crippen molar-refractivity contribution in [3.63, 3.8) is 0 Å². The standard InChI is InChI=1S/C22H38/c1-3-7-19-11-15-21(16-12-19)9-5-6-10-22-17-13-20(8-4-2)14-18-22/h3,5-7,19-22H,4,8-18H2,1-2H3/b6-5-,7-3+. The lowest BCUT2D eigenvalue weighted by molar-refractivity contribution is 0.263. The number of hydrogen-bond donors (Lipinski definition) is 0. The van der Waals surface area contributed by atoms with Crippen molar-refractivity contribution in [2.24, 2.45) is 23.7 Å². The van der Waals surface area contributed by atoms with Crippen LogP contribution in [0.15, 0.2) is 24.3 Å². The van der Waals surface area contributed by atoms with Gasteiger partial charge in [-0.05, 0) is 82.0 Å². The Labute approximate surface area is 139 Å². The third kappa shape index (κ3) is 6.31. The lowest BCUT2D eigenvalue weighted by Crippen LogP contribution is -2.14. The zero-order valence-electron chi connectivity index (χ0n) is 15.1. The molecule has 0 heterocycles. The molecular weight excluding hydrogens is 264 g/mol. The largest absolute Gasteiger partial charge is 0.0914 e. The van der Waals surface area contributed by atoms with Crippen molar-refractivity contribution in [2.45, 2.75) is 90.9 Å². The van der Waals surface area contributed by atoms with Crippen LogP contribution in [0.5, 0.6) is 0 Å². The summed E-state index contributed by atoms with van der Waals surface area (Å²) in [6, 6.07) is 0. The predicted octanol–water partition coefficient (Wildman–Crippen LogP) is 7.31. The summed E-state index contributed by atoms with van der Waals surface area (Å²) in [5, 5.41) is 0. The summed E-state index contributed by atoms with van der Waals surface area (Å²) in [5.74, 6) is 3.90. The average Bonchev–Trinajstić information content (AvgIpc) is 2.55. The molecule has 0 saturated heterocycles. The first-order valence-electron chi connectivity index (χ1n) is 10.1. The molecule has 0 aromatic carbocycles. The van der Waals surface area contributed by atoms with Crippen LogP contribution in [-0.4, -0.2) is 0 Å². The fourth-order valence-electron chi connectivity index (χ4n) is 4.63. The molecule has 0 amide bonds. The molecule has 2 fully saturated rings. The van der Waals surface area contributed by atoms with E-state index in [-0.39, 0.29) is 0 Å². The van der Waals surface area contributed by atoms with Gasteiger partial charge in [-0.3, -0.25) is 0 Å². The van der Waals surface area contributed by atoms with Crippen LogP contribution >= 0.6 is 0 Å². The van der Waals surface area contributed by atoms with E-state index in [4.69, 9.17) is 0 Å². The summed E-state index contributed by atoms with van der Waals surface area (Å²) in [7, 11) is 0. The first-order chi connectivity index (χ1) is 10.8. The van der Waals surface area contributed by atoms with Crippen molar-refractivity contribution >= 4 is 0 Å². The normalized spacial score (nSPS) is 33.7. The molecule has 0 N–H and O–H groups in total. The highest BCUT2D eigenvalue weighted by Gasteiger charge is 2.20. The van der Waals surface area contributed by atoms with Crippen molar-refractivity contribution in [1.82, 2.24) is 0 Å². The molecule has 22 heavy (non-hydrogen) atoms. The third-order valence-electron chi connectivity index (χ3n) is 6.12. The zero-order chi connectivity index (χ0) is 15.6. The van der Waals surface area contributed by atoms with Crippen LogP contribution in [0.4, 0.5) is 0 Å². The summed E-state index contributed by atoms with van der Waals surface area (Å²) in [5.41, 5.74) is 0. The smallest absolute Gasteiger partial charge is 0.0233 e. The number of allylic oxidation sites excluding steroid dienone is 4. The van der Waals surface area contributed by atoms with Gasteiger partial charge in [0.15, 0.2) is 0 Å². The van der Waals surface area contributed by atoms with Crippen molar-refractivity contribution in [3.05, 3.63) is 24.3 Å². The molecule has 0 aliphatic heterocycles. The van der Waals surface area contributed by atoms with E-state index in [1.807, 2.05) is 0 Å². The van der Waals surface area contributed by atoms with E-state index in [1.54, 1.807) is 0 Å². The second-order valence-corrected chi connectivity index (χ2v) is 7.92. The molecule has 0 aromatic rings. The molecule has 2 aliphatic carbocycles. The maximum atomic E-state index is 2.52. The van der Waals surface area contributed by atoms with E-state index in [1.165, 1.54) is 77.0 Å². The van der Waals surface area contributed by atoms with Crippen molar-refractivity contribution in [1.29, 1.82) is 0 Å². The molecule has 0 heteroatoms. The van der Waals surface area contributed by atoms with Crippen LogP contribution in [0.1, 0.15) is 90.9 Å². The van der Waals surface area contributed by atoms with E-state index in [0.29, 0.717) is 0 Å². The van der Waals surface area contributed by atoms with Gasteiger partial charge in [-0.25, -0.2) is 0 Å². The van der Waals surface area contributed by atoms with E-state index in [2.05, 4.69) is 38.2 Å². The van der Waals surface area contributed by atoms with Crippen LogP contribution in [0, 0.1) is 23.7 Å². The van der Waals surface area contributed by atoms with Crippen molar-refractivity contribution in [2.75, 3.05) is 0 Å². The third-order valence-corrected chi connectivity index (χ3v) is 6.12. The van der Waals surface area contributed by atoms with Gasteiger partial charge in [0.25, 0.3) is 0 Å². The van der Waals surface area contributed by atoms with Crippen LogP contribution in [-0.2, 0) is 0 Å². The van der Waals surface area contributed by atoms with Crippen LogP contribution in [0.2, 0.25) is 0 Å². The summed E-state index contributed by atoms with van der Waals surface area (Å²) in [6.07, 6.45) is 26.9. The minimum atomic E-state index is 0.878. The van der Waals surface area contributed by atoms with E-state index in [0.717, 1.165) is 23.7 Å². The van der Waals surface area contributed by atoms with Gasteiger partial charge in [0, 0.05) is 0 Å². The molecular formula is C22H38. The fraction of sp³-hybridized carbons (Fsp3) is 0.818. The predicted molar refractivity (Wildman–Crippen MR) is 99.0 cm³/mol. The first kappa shape index (κ1) is 17.8. The van der Waals surface area contributed by atoms with Gasteiger partial charge in [0.05, 0.1) is 0 Å². The zero-order valence-corrected chi connectivity index (χ0v) is 15.1. The minimum absolute atomic E-state index is 0.878. The second-order valence-electron chi connectivity index (χ2n) is 7.92. The van der Waals surface area contributed by atoms with E-state index in [9.17, 15) is 0 Å². The van der Waals surface area contributed by atoms with Crippen molar-refractivity contribution < 1.29 is 0 Å². The molecule has 0 aromatic heterocycles. The quantitative estimate of drug-likeness (QED) is 0.432. The lowest BCUT2D eigenvalue weighted by Gasteiger charge is -2.28. The van der Waals surface area contributed by atoms with Gasteiger partial charge in [-0.1, -0.05) is 56.9 Å². The highest BCUT2D eigenvalue weighted by Crippen LogP contribution is 2.34. The Balaban J connectivity index is 1.55. The molecule has 2 aliphatic rings. The Bertz CT molecular complexity index is 322. The SMILES string of the molecule is C/C=C/C1CCC(C/C=C\CC2CCC(CCC)CC2)CC1. The lowest BCUT2D eigenvalue weighted by atomic mass is 9.78. The highest BCUT2D eigenvalue weighted by atomic mass is 14.3. The van der Waals surface area contributed by atoms with Gasteiger partial charge in [-0.15, -0.1) is 0 Å². The highest BCUT2D eigenvalue weighted by molar-refractivity contribution is 4.92. The monoisotopic (exact) mass is 302 g/mol. The van der Waals surface area contributed by atoms with Gasteiger partial charge in [0.2, 0.25) is 0 Å². The van der Waals surface area contributed by atoms with Gasteiger partial charge >= 0.3 is 0 Å². The molecule has 0 radical (unpaired) electrons. The van der Waals surface area contributed by atoms with Crippen LogP contribution < -0.4 is 0 Å². The minimum Gasteiger partial charge on any atom is -0.0914 e. The summed E-state index contributed by atoms with van der Waals surface area (Å²) in [4.78, 5) is 0. The number of rotatable bonds is 7. The maximum absolute atomic E-state index is 2.52. The van der Waals surface area contributed by atoms with E-state index >= 15 is 0 Å². The average molecular weight is 303 g/mol. The molecule has 0 atom stereocenters. The molecule has 0 bridgehead atoms. The Hall–Kier alpha value is -0.520. The topological polar surface area (TPSA) is 0 Å². The molecule has 2 saturated carbocycles. The van der Waals surface area contributed by atoms with Crippen molar-refractivity contribution in [3.8, 4) is 0 Å².